The van der Waals surface area contributed by atoms with Gasteiger partial charge in [-0.3, -0.25) is 0 Å². The minimum absolute atomic E-state index is 0.494. The quantitative estimate of drug-likeness (QED) is 0.376. The number of hydrogen-bond donors (Lipinski definition) is 0. The van der Waals surface area contributed by atoms with Crippen molar-refractivity contribution < 1.29 is 5.21 Å². The molecule has 0 N–H and O–H groups in total. The van der Waals surface area contributed by atoms with Crippen LogP contribution in [0.25, 0.3) is 0 Å². The maximum Gasteiger partial charge on any atom is 0.0459 e. The number of hydrogen-bond acceptors (Lipinski definition) is 0. The van der Waals surface area contributed by atoms with E-state index in [1.54, 1.807) is 0 Å². The van der Waals surface area contributed by atoms with Crippen LogP contribution in [0.15, 0.2) is 0 Å². The maximum atomic E-state index is 9.43. The van der Waals surface area contributed by atoms with Gasteiger partial charge in [-0.15, -0.1) is 5.21 Å². The monoisotopic (exact) mass is 101 g/mol. The van der Waals surface area contributed by atoms with Crippen LogP contribution in [0, 0.1) is 0 Å². The van der Waals surface area contributed by atoms with Crippen LogP contribution in [-0.4, -0.2) is 6.54 Å². The fourth-order valence-electron chi connectivity index (χ4n) is 0.426. The summed E-state index contributed by atoms with van der Waals surface area (Å²) in [5, 5.41) is 9.43. The second-order valence-electron chi connectivity index (χ2n) is 1.56. The summed E-state index contributed by atoms with van der Waals surface area (Å²) in [6.45, 7) is 2.60. The van der Waals surface area contributed by atoms with Crippen LogP contribution in [0.3, 0.4) is 0 Å². The number of hydroxylamine groups is 1. The Morgan fingerprint density at radius 3 is 2.57 bits per heavy atom. The van der Waals surface area contributed by atoms with Crippen LogP contribution >= 0.6 is 0 Å². The first kappa shape index (κ1) is 6.92. The highest BCUT2D eigenvalue weighted by atomic mass is 16.5. The molecule has 0 amide bonds. The summed E-state index contributed by atoms with van der Waals surface area (Å²) in [4.78, 5) is 0. The van der Waals surface area contributed by atoms with Gasteiger partial charge in [0.1, 0.15) is 0 Å². The highest BCUT2D eigenvalue weighted by Crippen LogP contribution is 1.90. The second kappa shape index (κ2) is 5.92. The van der Waals surface area contributed by atoms with E-state index in [0.717, 1.165) is 19.3 Å². The standard InChI is InChI=1S/C5H11NO/c1-2-3-4-5-6-7/h2-5H2,1H3. The molecule has 0 saturated carbocycles. The zero-order valence-electron chi connectivity index (χ0n) is 4.68. The first-order valence-electron chi connectivity index (χ1n) is 2.71. The predicted molar refractivity (Wildman–Crippen MR) is 27.2 cm³/mol. The van der Waals surface area contributed by atoms with E-state index in [0.29, 0.717) is 6.54 Å². The van der Waals surface area contributed by atoms with E-state index in [9.17, 15) is 5.21 Å². The fourth-order valence-corrected chi connectivity index (χ4v) is 0.426. The van der Waals surface area contributed by atoms with Crippen molar-refractivity contribution in [3.63, 3.8) is 0 Å². The zero-order chi connectivity index (χ0) is 5.54. The second-order valence-corrected chi connectivity index (χ2v) is 1.56. The van der Waals surface area contributed by atoms with Crippen molar-refractivity contribution in [1.82, 2.24) is 5.48 Å². The van der Waals surface area contributed by atoms with E-state index < -0.39 is 0 Å². The molecule has 2 heteroatoms. The molecule has 0 atom stereocenters. The SMILES string of the molecule is CCCCC[N][O]. The molecule has 7 heavy (non-hydrogen) atoms. The van der Waals surface area contributed by atoms with Crippen molar-refractivity contribution in [1.29, 1.82) is 0 Å². The molecule has 0 aliphatic heterocycles. The first-order valence-corrected chi connectivity index (χ1v) is 2.71. The van der Waals surface area contributed by atoms with Crippen LogP contribution in [0.4, 0.5) is 0 Å². The van der Waals surface area contributed by atoms with Crippen molar-refractivity contribution in [3.05, 3.63) is 0 Å². The molecule has 0 aliphatic carbocycles. The highest BCUT2D eigenvalue weighted by molar-refractivity contribution is 4.35. The summed E-state index contributed by atoms with van der Waals surface area (Å²) in [5.41, 5.74) is 2.72. The molecule has 0 aliphatic rings. The molecular formula is C5H11NO. The average molecular weight is 101 g/mol. The summed E-state index contributed by atoms with van der Waals surface area (Å²) in [7, 11) is 0. The lowest BCUT2D eigenvalue weighted by Gasteiger charge is -1.88. The van der Waals surface area contributed by atoms with E-state index in [2.05, 4.69) is 12.4 Å². The molecule has 0 aromatic heterocycles. The van der Waals surface area contributed by atoms with Gasteiger partial charge in [-0.2, -0.15) is 0 Å². The van der Waals surface area contributed by atoms with Crippen molar-refractivity contribution in [2.24, 2.45) is 0 Å². The Labute approximate surface area is 44.5 Å². The van der Waals surface area contributed by atoms with Gasteiger partial charge < -0.3 is 0 Å². The number of unbranched alkanes of at least 4 members (excludes halogenated alkanes) is 2. The molecule has 2 radical (unpaired) electrons. The third-order valence-corrected chi connectivity index (χ3v) is 0.853. The van der Waals surface area contributed by atoms with E-state index in [1.165, 1.54) is 0 Å². The van der Waals surface area contributed by atoms with Crippen LogP contribution in [-0.2, 0) is 5.21 Å². The Morgan fingerprint density at radius 1 is 1.43 bits per heavy atom. The molecule has 0 saturated heterocycles. The molecule has 2 nitrogen and oxygen atoms in total. The summed E-state index contributed by atoms with van der Waals surface area (Å²) in [6.07, 6.45) is 3.25. The van der Waals surface area contributed by atoms with Gasteiger partial charge in [-0.1, -0.05) is 25.2 Å². The predicted octanol–water partition coefficient (Wildman–Crippen LogP) is 1.13. The summed E-state index contributed by atoms with van der Waals surface area (Å²) < 4.78 is 0. The van der Waals surface area contributed by atoms with Crippen LogP contribution in [0.2, 0.25) is 0 Å². The van der Waals surface area contributed by atoms with Gasteiger partial charge in [0.15, 0.2) is 0 Å². The number of rotatable bonds is 4. The Bertz CT molecular complexity index is 27.3. The lowest BCUT2D eigenvalue weighted by atomic mass is 10.3. The summed E-state index contributed by atoms with van der Waals surface area (Å²) >= 11 is 0. The molecule has 0 heterocycles. The molecule has 0 bridgehead atoms. The molecule has 0 rings (SSSR count). The zero-order valence-corrected chi connectivity index (χ0v) is 4.68. The van der Waals surface area contributed by atoms with Gasteiger partial charge in [0, 0.05) is 6.54 Å². The molecule has 0 spiro atoms. The molecular weight excluding hydrogens is 90.1 g/mol. The van der Waals surface area contributed by atoms with Crippen LogP contribution in [0.5, 0.6) is 0 Å². The van der Waals surface area contributed by atoms with Crippen molar-refractivity contribution in [3.8, 4) is 0 Å². The molecule has 0 fully saturated rings. The Kier molecular flexibility index (Phi) is 5.85. The third kappa shape index (κ3) is 5.92. The largest absolute Gasteiger partial charge is 0.102 e. The smallest absolute Gasteiger partial charge is 0.0459 e. The van der Waals surface area contributed by atoms with Crippen LogP contribution < -0.4 is 5.48 Å². The average Bonchev–Trinajstić information content (AvgIpc) is 1.69. The number of nitrogens with zero attached hydrogens (tertiary/aromatic N) is 1. The minimum Gasteiger partial charge on any atom is -0.102 e. The van der Waals surface area contributed by atoms with E-state index in [-0.39, 0.29) is 0 Å². The van der Waals surface area contributed by atoms with Crippen molar-refractivity contribution in [2.75, 3.05) is 6.54 Å². The lowest BCUT2D eigenvalue weighted by molar-refractivity contribution is 0.0650. The summed E-state index contributed by atoms with van der Waals surface area (Å²) in [5.74, 6) is 0. The van der Waals surface area contributed by atoms with E-state index in [4.69, 9.17) is 0 Å². The first-order chi connectivity index (χ1) is 3.41. The topological polar surface area (TPSA) is 34.0 Å². The maximum absolute atomic E-state index is 9.43. The van der Waals surface area contributed by atoms with E-state index >= 15 is 0 Å². The Balaban J connectivity index is 2.45. The fraction of sp³-hybridized carbons (Fsp3) is 1.00. The summed E-state index contributed by atoms with van der Waals surface area (Å²) in [6, 6.07) is 0. The van der Waals surface area contributed by atoms with Gasteiger partial charge in [-0.05, 0) is 6.42 Å². The lowest BCUT2D eigenvalue weighted by Crippen LogP contribution is -1.96. The van der Waals surface area contributed by atoms with Crippen molar-refractivity contribution in [2.45, 2.75) is 26.2 Å². The van der Waals surface area contributed by atoms with Gasteiger partial charge in [0.25, 0.3) is 0 Å². The van der Waals surface area contributed by atoms with Gasteiger partial charge in [0.05, 0.1) is 0 Å². The molecule has 0 aromatic carbocycles. The van der Waals surface area contributed by atoms with Crippen molar-refractivity contribution >= 4 is 0 Å². The van der Waals surface area contributed by atoms with Gasteiger partial charge >= 0.3 is 0 Å². The molecule has 42 valence electrons. The van der Waals surface area contributed by atoms with Crippen LogP contribution in [0.1, 0.15) is 26.2 Å². The third-order valence-electron chi connectivity index (χ3n) is 0.853. The van der Waals surface area contributed by atoms with E-state index in [1.807, 2.05) is 0 Å². The van der Waals surface area contributed by atoms with Gasteiger partial charge in [-0.25, -0.2) is 0 Å². The van der Waals surface area contributed by atoms with Gasteiger partial charge in [0.2, 0.25) is 0 Å². The Hall–Kier alpha value is -0.0800. The highest BCUT2D eigenvalue weighted by Gasteiger charge is 1.82. The minimum atomic E-state index is 0.494. The Morgan fingerprint density at radius 2 is 2.14 bits per heavy atom. The molecule has 0 unspecified atom stereocenters. The normalized spacial score (nSPS) is 9.43. The molecule has 0 aromatic rings.